The fourth-order valence-electron chi connectivity index (χ4n) is 2.32. The summed E-state index contributed by atoms with van der Waals surface area (Å²) >= 11 is 0. The van der Waals surface area contributed by atoms with Gasteiger partial charge >= 0.3 is 11.9 Å². The molecule has 244 valence electrons. The Morgan fingerprint density at radius 2 is 0.864 bits per heavy atom. The number of rotatable bonds is 18. The molecule has 0 saturated heterocycles. The minimum atomic E-state index is -4.20. The molecule has 0 bridgehead atoms. The molecule has 0 aromatic heterocycles. The van der Waals surface area contributed by atoms with Crippen molar-refractivity contribution in [1.82, 2.24) is 0 Å². The monoisotopic (exact) mass is 700 g/mol. The van der Waals surface area contributed by atoms with Gasteiger partial charge in [0.2, 0.25) is 0 Å². The van der Waals surface area contributed by atoms with Crippen LogP contribution in [0.1, 0.15) is 20.7 Å². The Kier molecular flexibility index (Phi) is 16.1. The SMILES string of the molecule is C=CS(=O)(=O)OCOS(=O)(=O)C=C.O=C(OCCS(=O)(=O)OCOS(=O)(=O)CCOC(=O)c1ccccc1)c1ccccc1. The lowest BCUT2D eigenvalue weighted by molar-refractivity contribution is 0.0518. The number of carbonyl (C=O) groups excluding carboxylic acids is 2. The summed E-state index contributed by atoms with van der Waals surface area (Å²) in [5.41, 5.74) is 0.506. The fourth-order valence-corrected chi connectivity index (χ4v) is 4.20. The van der Waals surface area contributed by atoms with E-state index in [9.17, 15) is 43.3 Å². The third-order valence-corrected chi connectivity index (χ3v) is 8.35. The Morgan fingerprint density at radius 3 is 1.18 bits per heavy atom. The molecule has 2 rings (SSSR count). The van der Waals surface area contributed by atoms with E-state index in [2.05, 4.69) is 29.9 Å². The highest BCUT2D eigenvalue weighted by atomic mass is 32.2. The van der Waals surface area contributed by atoms with E-state index in [0.29, 0.717) is 10.8 Å². The number of hydrogen-bond acceptors (Lipinski definition) is 16. The van der Waals surface area contributed by atoms with Gasteiger partial charge in [-0.3, -0.25) is 0 Å². The average Bonchev–Trinajstić information content (AvgIpc) is 2.97. The summed E-state index contributed by atoms with van der Waals surface area (Å²) in [5, 5.41) is 1.05. The third-order valence-electron chi connectivity index (χ3n) is 4.44. The van der Waals surface area contributed by atoms with Crippen LogP contribution in [0.3, 0.4) is 0 Å². The van der Waals surface area contributed by atoms with Gasteiger partial charge < -0.3 is 9.47 Å². The standard InChI is InChI=1S/C19H20O10S2.C5H8O6S2/c20-18(16-7-3-1-4-8-16)26-11-13-30(22,23)28-15-29-31(24,25)14-12-27-19(21)17-9-5-2-6-10-17;1-3-12(6,7)10-5-11-13(8,9)4-2/h1-10H,11-15H2;3-4H,1-2,5H2. The Hall–Kier alpha value is -3.50. The zero-order valence-corrected chi connectivity index (χ0v) is 26.0. The molecule has 2 aromatic rings. The zero-order valence-electron chi connectivity index (χ0n) is 22.8. The summed E-state index contributed by atoms with van der Waals surface area (Å²) in [6.45, 7) is 2.86. The molecule has 20 heteroatoms. The van der Waals surface area contributed by atoms with Crippen LogP contribution in [0.5, 0.6) is 0 Å². The lowest BCUT2D eigenvalue weighted by Crippen LogP contribution is -2.22. The minimum absolute atomic E-state index is 0.253. The summed E-state index contributed by atoms with van der Waals surface area (Å²) in [4.78, 5) is 23.4. The second-order valence-corrected chi connectivity index (χ2v) is 14.2. The van der Waals surface area contributed by atoms with Crippen molar-refractivity contribution in [1.29, 1.82) is 0 Å². The molecule has 0 atom stereocenters. The first-order valence-corrected chi connectivity index (χ1v) is 17.8. The van der Waals surface area contributed by atoms with E-state index in [0.717, 1.165) is 0 Å². The Bertz CT molecular complexity index is 1540. The lowest BCUT2D eigenvalue weighted by atomic mass is 10.2. The molecule has 0 amide bonds. The number of hydrogen-bond donors (Lipinski definition) is 0. The second kappa shape index (κ2) is 18.3. The van der Waals surface area contributed by atoms with Crippen LogP contribution in [0.2, 0.25) is 0 Å². The van der Waals surface area contributed by atoms with Crippen molar-refractivity contribution in [2.45, 2.75) is 0 Å². The largest absolute Gasteiger partial charge is 0.461 e. The van der Waals surface area contributed by atoms with Gasteiger partial charge in [0.1, 0.15) is 24.7 Å². The summed E-state index contributed by atoms with van der Waals surface area (Å²) in [6.07, 6.45) is 0. The molecule has 0 aliphatic rings. The van der Waals surface area contributed by atoms with Crippen molar-refractivity contribution >= 4 is 52.4 Å². The van der Waals surface area contributed by atoms with E-state index in [1.54, 1.807) is 36.4 Å². The maximum Gasteiger partial charge on any atom is 0.338 e. The molecule has 16 nitrogen and oxygen atoms in total. The molecule has 44 heavy (non-hydrogen) atoms. The van der Waals surface area contributed by atoms with Gasteiger partial charge in [-0.15, -0.1) is 0 Å². The summed E-state index contributed by atoms with van der Waals surface area (Å²) < 4.78 is 116. The minimum Gasteiger partial charge on any atom is -0.461 e. The zero-order chi connectivity index (χ0) is 33.3. The van der Waals surface area contributed by atoms with Crippen LogP contribution in [0.15, 0.2) is 84.6 Å². The highest BCUT2D eigenvalue weighted by molar-refractivity contribution is 7.90. The van der Waals surface area contributed by atoms with E-state index in [-0.39, 0.29) is 11.1 Å². The molecule has 0 N–H and O–H groups in total. The van der Waals surface area contributed by atoms with E-state index in [4.69, 9.17) is 9.47 Å². The third kappa shape index (κ3) is 17.0. The molecule has 0 unspecified atom stereocenters. The maximum atomic E-state index is 11.7. The Balaban J connectivity index is 0.000000627. The first-order chi connectivity index (χ1) is 20.5. The highest BCUT2D eigenvalue weighted by Crippen LogP contribution is 2.05. The van der Waals surface area contributed by atoms with Gasteiger partial charge in [-0.25, -0.2) is 26.3 Å². The van der Waals surface area contributed by atoms with Crippen molar-refractivity contribution in [2.75, 3.05) is 38.3 Å². The van der Waals surface area contributed by atoms with Crippen LogP contribution in [-0.4, -0.2) is 83.9 Å². The number of carbonyl (C=O) groups is 2. The van der Waals surface area contributed by atoms with Gasteiger partial charge in [0.15, 0.2) is 13.6 Å². The predicted molar refractivity (Wildman–Crippen MR) is 153 cm³/mol. The van der Waals surface area contributed by atoms with Crippen LogP contribution >= 0.6 is 0 Å². The van der Waals surface area contributed by atoms with E-state index in [1.807, 2.05) is 0 Å². The van der Waals surface area contributed by atoms with Crippen LogP contribution in [0.4, 0.5) is 0 Å². The average molecular weight is 701 g/mol. The van der Waals surface area contributed by atoms with Crippen molar-refractivity contribution < 1.29 is 69.5 Å². The predicted octanol–water partition coefficient (Wildman–Crippen LogP) is 1.27. The van der Waals surface area contributed by atoms with Gasteiger partial charge in [-0.05, 0) is 24.3 Å². The van der Waals surface area contributed by atoms with Crippen molar-refractivity contribution in [3.63, 3.8) is 0 Å². The second-order valence-electron chi connectivity index (χ2n) is 7.55. The van der Waals surface area contributed by atoms with Gasteiger partial charge in [-0.2, -0.15) is 33.7 Å². The maximum absolute atomic E-state index is 11.7. The van der Waals surface area contributed by atoms with Gasteiger partial charge in [0.05, 0.1) is 21.9 Å². The van der Waals surface area contributed by atoms with Crippen molar-refractivity contribution in [3.05, 3.63) is 95.8 Å². The molecule has 0 saturated carbocycles. The summed E-state index contributed by atoms with van der Waals surface area (Å²) in [7, 11) is -16.2. The molecule has 0 heterocycles. The molecule has 2 aromatic carbocycles. The first kappa shape index (κ1) is 38.5. The van der Waals surface area contributed by atoms with Crippen LogP contribution in [-0.2, 0) is 66.7 Å². The van der Waals surface area contributed by atoms with Crippen molar-refractivity contribution in [2.24, 2.45) is 0 Å². The van der Waals surface area contributed by atoms with E-state index < -0.39 is 90.7 Å². The number of benzene rings is 2. The molecular formula is C24H28O16S4. The van der Waals surface area contributed by atoms with Gasteiger partial charge in [0, 0.05) is 0 Å². The lowest BCUT2D eigenvalue weighted by Gasteiger charge is -2.08. The topological polar surface area (TPSA) is 226 Å². The Morgan fingerprint density at radius 1 is 0.545 bits per heavy atom. The van der Waals surface area contributed by atoms with E-state index in [1.165, 1.54) is 24.3 Å². The molecule has 0 spiro atoms. The molecule has 0 radical (unpaired) electrons. The molecule has 0 fully saturated rings. The van der Waals surface area contributed by atoms with E-state index >= 15 is 0 Å². The van der Waals surface area contributed by atoms with Crippen molar-refractivity contribution in [3.8, 4) is 0 Å². The highest BCUT2D eigenvalue weighted by Gasteiger charge is 2.18. The fraction of sp³-hybridized carbons (Fsp3) is 0.250. The van der Waals surface area contributed by atoms with Gasteiger partial charge in [-0.1, -0.05) is 49.6 Å². The van der Waals surface area contributed by atoms with Crippen LogP contribution < -0.4 is 0 Å². The molecule has 0 aliphatic carbocycles. The molecular weight excluding hydrogens is 673 g/mol. The smallest absolute Gasteiger partial charge is 0.338 e. The quantitative estimate of drug-likeness (QED) is 0.121. The summed E-state index contributed by atoms with van der Waals surface area (Å²) in [5.74, 6) is -2.80. The van der Waals surface area contributed by atoms with Crippen LogP contribution in [0.25, 0.3) is 0 Å². The number of esters is 2. The number of ether oxygens (including phenoxy) is 2. The Labute approximate surface area is 255 Å². The van der Waals surface area contributed by atoms with Crippen LogP contribution in [0, 0.1) is 0 Å². The molecule has 0 aliphatic heterocycles. The summed E-state index contributed by atoms with van der Waals surface area (Å²) in [6, 6.07) is 15.9. The van der Waals surface area contributed by atoms with Gasteiger partial charge in [0.25, 0.3) is 40.5 Å². The first-order valence-electron chi connectivity index (χ1n) is 11.7. The normalized spacial score (nSPS) is 11.8.